The summed E-state index contributed by atoms with van der Waals surface area (Å²) in [4.78, 5) is 12.1. The Balaban J connectivity index is 2.03. The Morgan fingerprint density at radius 2 is 1.95 bits per heavy atom. The quantitative estimate of drug-likeness (QED) is 0.837. The topological polar surface area (TPSA) is 41.1 Å². The van der Waals surface area contributed by atoms with Gasteiger partial charge in [-0.2, -0.15) is 24.9 Å². The molecule has 0 spiro atoms. The molecule has 1 unspecified atom stereocenters. The number of hydrogen-bond acceptors (Lipinski definition) is 3. The largest absolute Gasteiger partial charge is 0.404 e. The molecule has 2 fully saturated rings. The van der Waals surface area contributed by atoms with Gasteiger partial charge in [0.2, 0.25) is 5.91 Å². The van der Waals surface area contributed by atoms with E-state index in [4.69, 9.17) is 0 Å². The van der Waals surface area contributed by atoms with Gasteiger partial charge < -0.3 is 10.6 Å². The van der Waals surface area contributed by atoms with Gasteiger partial charge in [0.05, 0.1) is 0 Å². The molecule has 0 aromatic heterocycles. The van der Waals surface area contributed by atoms with E-state index in [-0.39, 0.29) is 24.3 Å². The van der Waals surface area contributed by atoms with Gasteiger partial charge >= 0.3 is 6.18 Å². The molecule has 1 heterocycles. The molecule has 2 aliphatic rings. The van der Waals surface area contributed by atoms with E-state index in [1.807, 2.05) is 6.26 Å². The summed E-state index contributed by atoms with van der Waals surface area (Å²) in [5, 5.41) is 5.25. The third-order valence-electron chi connectivity index (χ3n) is 4.65. The van der Waals surface area contributed by atoms with Crippen LogP contribution in [0.1, 0.15) is 32.1 Å². The number of thioether (sulfide) groups is 1. The minimum atomic E-state index is -4.50. The Morgan fingerprint density at radius 3 is 2.40 bits per heavy atom. The Hall–Kier alpha value is -0.430. The van der Waals surface area contributed by atoms with Gasteiger partial charge in [-0.25, -0.2) is 0 Å². The van der Waals surface area contributed by atoms with Crippen molar-refractivity contribution >= 4 is 17.7 Å². The SMILES string of the molecule is CSC1(CNC(=O)C2(C(F)(F)F)CCNC2)CCCC1. The van der Waals surface area contributed by atoms with E-state index in [0.717, 1.165) is 25.7 Å². The number of alkyl halides is 3. The van der Waals surface area contributed by atoms with Gasteiger partial charge in [-0.05, 0) is 32.1 Å². The summed E-state index contributed by atoms with van der Waals surface area (Å²) < 4.78 is 39.6. The maximum absolute atomic E-state index is 13.2. The monoisotopic (exact) mass is 310 g/mol. The van der Waals surface area contributed by atoms with E-state index >= 15 is 0 Å². The highest BCUT2D eigenvalue weighted by Crippen LogP contribution is 2.44. The van der Waals surface area contributed by atoms with Gasteiger partial charge in [-0.3, -0.25) is 4.79 Å². The van der Waals surface area contributed by atoms with Crippen LogP contribution in [-0.2, 0) is 4.79 Å². The van der Waals surface area contributed by atoms with Crippen LogP contribution < -0.4 is 10.6 Å². The average Bonchev–Trinajstić information content (AvgIpc) is 3.05. The van der Waals surface area contributed by atoms with Gasteiger partial charge in [0.25, 0.3) is 0 Å². The summed E-state index contributed by atoms with van der Waals surface area (Å²) in [7, 11) is 0. The van der Waals surface area contributed by atoms with Crippen molar-refractivity contribution in [2.45, 2.75) is 43.0 Å². The molecule has 2 rings (SSSR count). The predicted molar refractivity (Wildman–Crippen MR) is 73.7 cm³/mol. The molecule has 1 aliphatic heterocycles. The van der Waals surface area contributed by atoms with Gasteiger partial charge in [-0.1, -0.05) is 12.8 Å². The number of rotatable bonds is 4. The van der Waals surface area contributed by atoms with Crippen LogP contribution >= 0.6 is 11.8 Å². The van der Waals surface area contributed by atoms with Crippen LogP contribution in [0.15, 0.2) is 0 Å². The zero-order valence-corrected chi connectivity index (χ0v) is 12.4. The average molecular weight is 310 g/mol. The molecule has 1 saturated heterocycles. The van der Waals surface area contributed by atoms with E-state index < -0.39 is 17.5 Å². The molecule has 116 valence electrons. The second-order valence-corrected chi connectivity index (χ2v) is 7.06. The number of amides is 1. The van der Waals surface area contributed by atoms with E-state index in [0.29, 0.717) is 6.54 Å². The van der Waals surface area contributed by atoms with Gasteiger partial charge in [-0.15, -0.1) is 0 Å². The van der Waals surface area contributed by atoms with Crippen LogP contribution in [0.2, 0.25) is 0 Å². The fraction of sp³-hybridized carbons (Fsp3) is 0.923. The molecule has 1 atom stereocenters. The number of nitrogens with one attached hydrogen (secondary N) is 2. The van der Waals surface area contributed by atoms with Crippen LogP contribution in [0.3, 0.4) is 0 Å². The minimum absolute atomic E-state index is 0.0749. The number of carbonyl (C=O) groups excluding carboxylic acids is 1. The van der Waals surface area contributed by atoms with Gasteiger partial charge in [0, 0.05) is 17.8 Å². The Labute approximate surface area is 121 Å². The molecule has 3 nitrogen and oxygen atoms in total. The predicted octanol–water partition coefficient (Wildman–Crippen LogP) is 2.32. The second kappa shape index (κ2) is 5.75. The minimum Gasteiger partial charge on any atom is -0.354 e. The lowest BCUT2D eigenvalue weighted by atomic mass is 9.85. The summed E-state index contributed by atoms with van der Waals surface area (Å²) in [6.07, 6.45) is 1.40. The zero-order valence-electron chi connectivity index (χ0n) is 11.6. The van der Waals surface area contributed by atoms with E-state index in [1.165, 1.54) is 0 Å². The summed E-state index contributed by atoms with van der Waals surface area (Å²) in [5.41, 5.74) is -2.24. The standard InChI is InChI=1S/C13H21F3N2OS/c1-20-11(4-2-3-5-11)8-18-10(19)12(13(14,15)16)6-7-17-9-12/h17H,2-9H2,1H3,(H,18,19). The van der Waals surface area contributed by atoms with E-state index in [9.17, 15) is 18.0 Å². The third kappa shape index (κ3) is 2.79. The Morgan fingerprint density at radius 1 is 1.30 bits per heavy atom. The Bertz CT molecular complexity index is 361. The van der Waals surface area contributed by atoms with Gasteiger partial charge in [0.1, 0.15) is 0 Å². The highest BCUT2D eigenvalue weighted by Gasteiger charge is 2.61. The maximum Gasteiger partial charge on any atom is 0.404 e. The molecule has 2 N–H and O–H groups in total. The fourth-order valence-corrected chi connectivity index (χ4v) is 4.05. The normalized spacial score (nSPS) is 29.6. The first-order valence-electron chi connectivity index (χ1n) is 6.96. The molecule has 0 bridgehead atoms. The fourth-order valence-electron chi connectivity index (χ4n) is 3.14. The smallest absolute Gasteiger partial charge is 0.354 e. The maximum atomic E-state index is 13.2. The van der Waals surface area contributed by atoms with Crippen molar-refractivity contribution in [3.63, 3.8) is 0 Å². The summed E-state index contributed by atoms with van der Waals surface area (Å²) in [6.45, 7) is 0.264. The van der Waals surface area contributed by atoms with Crippen LogP contribution in [0, 0.1) is 5.41 Å². The first-order chi connectivity index (χ1) is 9.35. The highest BCUT2D eigenvalue weighted by molar-refractivity contribution is 8.00. The van der Waals surface area contributed by atoms with Crippen molar-refractivity contribution in [1.29, 1.82) is 0 Å². The van der Waals surface area contributed by atoms with E-state index in [2.05, 4.69) is 10.6 Å². The van der Waals surface area contributed by atoms with Crippen molar-refractivity contribution in [2.24, 2.45) is 5.41 Å². The lowest BCUT2D eigenvalue weighted by Gasteiger charge is -2.32. The van der Waals surface area contributed by atoms with E-state index in [1.54, 1.807) is 11.8 Å². The first kappa shape index (κ1) is 15.9. The molecule has 20 heavy (non-hydrogen) atoms. The lowest BCUT2D eigenvalue weighted by Crippen LogP contribution is -2.54. The molecule has 0 aromatic rings. The van der Waals surface area contributed by atoms with Crippen LogP contribution in [0.4, 0.5) is 13.2 Å². The molecular formula is C13H21F3N2OS. The molecule has 1 aliphatic carbocycles. The van der Waals surface area contributed by atoms with Crippen molar-refractivity contribution in [3.05, 3.63) is 0 Å². The third-order valence-corrected chi connectivity index (χ3v) is 6.07. The molecule has 0 aromatic carbocycles. The molecule has 1 saturated carbocycles. The van der Waals surface area contributed by atoms with Crippen LogP contribution in [-0.4, -0.2) is 42.7 Å². The van der Waals surface area contributed by atoms with Crippen molar-refractivity contribution in [2.75, 3.05) is 25.9 Å². The highest BCUT2D eigenvalue weighted by atomic mass is 32.2. The van der Waals surface area contributed by atoms with Gasteiger partial charge in [0.15, 0.2) is 5.41 Å². The number of carbonyl (C=O) groups is 1. The van der Waals surface area contributed by atoms with Crippen molar-refractivity contribution in [1.82, 2.24) is 10.6 Å². The zero-order chi connectivity index (χ0) is 14.9. The first-order valence-corrected chi connectivity index (χ1v) is 8.19. The molecule has 7 heteroatoms. The van der Waals surface area contributed by atoms with Crippen molar-refractivity contribution in [3.8, 4) is 0 Å². The van der Waals surface area contributed by atoms with Crippen LogP contribution in [0.25, 0.3) is 0 Å². The summed E-state index contributed by atoms with van der Waals surface area (Å²) in [5.74, 6) is -0.865. The molecular weight excluding hydrogens is 289 g/mol. The number of halogens is 3. The Kier molecular flexibility index (Phi) is 4.59. The van der Waals surface area contributed by atoms with Crippen LogP contribution in [0.5, 0.6) is 0 Å². The summed E-state index contributed by atoms with van der Waals surface area (Å²) in [6, 6.07) is 0. The number of hydrogen-bond donors (Lipinski definition) is 2. The summed E-state index contributed by atoms with van der Waals surface area (Å²) >= 11 is 1.66. The van der Waals surface area contributed by atoms with Crippen molar-refractivity contribution < 1.29 is 18.0 Å². The molecule has 1 amide bonds. The molecule has 0 radical (unpaired) electrons. The second-order valence-electron chi connectivity index (χ2n) is 5.78. The lowest BCUT2D eigenvalue weighted by molar-refractivity contribution is -0.216.